The summed E-state index contributed by atoms with van der Waals surface area (Å²) in [5.41, 5.74) is 1.76. The molecular formula is C17H21FN2O2S. The van der Waals surface area contributed by atoms with Gasteiger partial charge in [-0.15, -0.1) is 11.3 Å². The Kier molecular flexibility index (Phi) is 5.71. The average molecular weight is 336 g/mol. The molecule has 2 aromatic rings. The zero-order valence-electron chi connectivity index (χ0n) is 13.9. The van der Waals surface area contributed by atoms with Crippen LogP contribution in [0.2, 0.25) is 0 Å². The molecule has 0 atom stereocenters. The summed E-state index contributed by atoms with van der Waals surface area (Å²) in [6, 6.07) is 4.84. The van der Waals surface area contributed by atoms with Gasteiger partial charge in [0.05, 0.1) is 19.3 Å². The molecule has 1 aromatic heterocycles. The molecule has 0 aliphatic carbocycles. The Balaban J connectivity index is 0.000000924. The molecule has 0 saturated carbocycles. The van der Waals surface area contributed by atoms with Crippen LogP contribution in [0.3, 0.4) is 0 Å². The second-order valence-electron chi connectivity index (χ2n) is 4.93. The van der Waals surface area contributed by atoms with Crippen molar-refractivity contribution in [2.75, 3.05) is 13.7 Å². The van der Waals surface area contributed by atoms with Crippen molar-refractivity contribution in [3.63, 3.8) is 0 Å². The van der Waals surface area contributed by atoms with Crippen LogP contribution in [0.1, 0.15) is 31.3 Å². The fraction of sp³-hybridized carbons (Fsp3) is 0.412. The first-order valence-corrected chi connectivity index (χ1v) is 8.48. The first kappa shape index (κ1) is 17.4. The number of rotatable bonds is 2. The lowest BCUT2D eigenvalue weighted by Crippen LogP contribution is -2.33. The molecule has 0 unspecified atom stereocenters. The van der Waals surface area contributed by atoms with Crippen LogP contribution in [0.15, 0.2) is 18.2 Å². The number of carbonyl (C=O) groups excluding carboxylic acids is 1. The summed E-state index contributed by atoms with van der Waals surface area (Å²) in [4.78, 5) is 18.9. The van der Waals surface area contributed by atoms with E-state index in [0.717, 1.165) is 27.6 Å². The van der Waals surface area contributed by atoms with Crippen LogP contribution in [0.4, 0.5) is 4.39 Å². The van der Waals surface area contributed by atoms with E-state index in [1.54, 1.807) is 24.0 Å². The smallest absolute Gasteiger partial charge is 0.219 e. The summed E-state index contributed by atoms with van der Waals surface area (Å²) in [7, 11) is 1.44. The van der Waals surface area contributed by atoms with Crippen LogP contribution < -0.4 is 4.74 Å². The first-order valence-electron chi connectivity index (χ1n) is 7.66. The Morgan fingerprint density at radius 1 is 1.39 bits per heavy atom. The van der Waals surface area contributed by atoms with Crippen LogP contribution in [0, 0.1) is 5.82 Å². The Labute approximate surface area is 139 Å². The number of aromatic nitrogens is 1. The van der Waals surface area contributed by atoms with Gasteiger partial charge in [-0.05, 0) is 18.2 Å². The quantitative estimate of drug-likeness (QED) is 0.835. The zero-order valence-corrected chi connectivity index (χ0v) is 14.7. The van der Waals surface area contributed by atoms with E-state index >= 15 is 0 Å². The summed E-state index contributed by atoms with van der Waals surface area (Å²) in [5, 5.41) is 0.784. The van der Waals surface area contributed by atoms with Gasteiger partial charge in [0.2, 0.25) is 5.91 Å². The lowest BCUT2D eigenvalue weighted by atomic mass is 10.1. The van der Waals surface area contributed by atoms with E-state index in [1.807, 2.05) is 13.8 Å². The molecule has 0 spiro atoms. The van der Waals surface area contributed by atoms with Crippen molar-refractivity contribution in [2.24, 2.45) is 0 Å². The number of halogens is 1. The number of thiazole rings is 1. The number of fused-ring (bicyclic) bond motifs is 1. The molecule has 0 fully saturated rings. The molecule has 1 amide bonds. The number of amides is 1. The molecule has 1 aliphatic heterocycles. The Bertz CT molecular complexity index is 700. The number of benzene rings is 1. The molecule has 6 heteroatoms. The predicted octanol–water partition coefficient (Wildman–Crippen LogP) is 3.89. The van der Waals surface area contributed by atoms with Gasteiger partial charge < -0.3 is 9.64 Å². The number of hydrogen-bond acceptors (Lipinski definition) is 4. The number of ether oxygens (including phenoxy) is 1. The second-order valence-corrected chi connectivity index (χ2v) is 6.01. The molecule has 4 nitrogen and oxygen atoms in total. The van der Waals surface area contributed by atoms with Gasteiger partial charge in [0, 0.05) is 30.3 Å². The average Bonchev–Trinajstić information content (AvgIpc) is 2.99. The maximum absolute atomic E-state index is 13.8. The van der Waals surface area contributed by atoms with Gasteiger partial charge in [0.15, 0.2) is 11.6 Å². The van der Waals surface area contributed by atoms with Gasteiger partial charge >= 0.3 is 0 Å². The minimum Gasteiger partial charge on any atom is -0.494 e. The highest BCUT2D eigenvalue weighted by atomic mass is 32.1. The number of carbonyl (C=O) groups is 1. The standard InChI is InChI=1S/C15H15FN2O2S.C2H6/c1-9(19)18-6-5-12-14(8-18)21-15(17-12)10-3-4-13(20-2)11(16)7-10;1-2/h3-4,7H,5-6,8H2,1-2H3;1-2H3. The van der Waals surface area contributed by atoms with Crippen LogP contribution in [0.5, 0.6) is 5.75 Å². The number of methoxy groups -OCH3 is 1. The third-order valence-electron chi connectivity index (χ3n) is 3.58. The maximum atomic E-state index is 13.8. The van der Waals surface area contributed by atoms with E-state index in [4.69, 9.17) is 4.74 Å². The minimum absolute atomic E-state index is 0.0751. The number of nitrogens with zero attached hydrogens (tertiary/aromatic N) is 2. The highest BCUT2D eigenvalue weighted by molar-refractivity contribution is 7.15. The van der Waals surface area contributed by atoms with Gasteiger partial charge in [-0.25, -0.2) is 9.37 Å². The first-order chi connectivity index (χ1) is 11.1. The molecule has 2 heterocycles. The largest absolute Gasteiger partial charge is 0.494 e. The van der Waals surface area contributed by atoms with Crippen LogP contribution in [-0.2, 0) is 17.8 Å². The van der Waals surface area contributed by atoms with Gasteiger partial charge in [-0.2, -0.15) is 0 Å². The lowest BCUT2D eigenvalue weighted by Gasteiger charge is -2.24. The van der Waals surface area contributed by atoms with Crippen molar-refractivity contribution in [3.05, 3.63) is 34.6 Å². The van der Waals surface area contributed by atoms with E-state index in [1.165, 1.54) is 24.5 Å². The zero-order chi connectivity index (χ0) is 17.0. The normalized spacial score (nSPS) is 13.0. The molecular weight excluding hydrogens is 315 g/mol. The van der Waals surface area contributed by atoms with Crippen molar-refractivity contribution >= 4 is 17.2 Å². The second kappa shape index (κ2) is 7.55. The Hall–Kier alpha value is -1.95. The summed E-state index contributed by atoms with van der Waals surface area (Å²) >= 11 is 1.52. The van der Waals surface area contributed by atoms with Crippen LogP contribution in [0.25, 0.3) is 10.6 Å². The molecule has 23 heavy (non-hydrogen) atoms. The molecule has 3 rings (SSSR count). The summed E-state index contributed by atoms with van der Waals surface area (Å²) < 4.78 is 18.7. The molecule has 0 saturated heterocycles. The molecule has 1 aliphatic rings. The summed E-state index contributed by atoms with van der Waals surface area (Å²) in [5.74, 6) is -0.0950. The minimum atomic E-state index is -0.395. The molecule has 124 valence electrons. The molecule has 0 radical (unpaired) electrons. The number of hydrogen-bond donors (Lipinski definition) is 0. The third kappa shape index (κ3) is 3.69. The topological polar surface area (TPSA) is 42.4 Å². The molecule has 0 N–H and O–H groups in total. The van der Waals surface area contributed by atoms with E-state index in [0.29, 0.717) is 13.1 Å². The fourth-order valence-electron chi connectivity index (χ4n) is 2.39. The van der Waals surface area contributed by atoms with Crippen molar-refractivity contribution < 1.29 is 13.9 Å². The SMILES string of the molecule is CC.COc1ccc(-c2nc3c(s2)CN(C(C)=O)CC3)cc1F. The third-order valence-corrected chi connectivity index (χ3v) is 4.71. The van der Waals surface area contributed by atoms with Crippen LogP contribution >= 0.6 is 11.3 Å². The van der Waals surface area contributed by atoms with Gasteiger partial charge in [0.25, 0.3) is 0 Å². The van der Waals surface area contributed by atoms with Gasteiger partial charge in [0.1, 0.15) is 5.01 Å². The van der Waals surface area contributed by atoms with Crippen molar-refractivity contribution in [1.82, 2.24) is 9.88 Å². The fourth-order valence-corrected chi connectivity index (χ4v) is 3.51. The summed E-state index contributed by atoms with van der Waals surface area (Å²) in [6.45, 7) is 6.87. The van der Waals surface area contributed by atoms with E-state index in [9.17, 15) is 9.18 Å². The maximum Gasteiger partial charge on any atom is 0.219 e. The Morgan fingerprint density at radius 3 is 2.74 bits per heavy atom. The highest BCUT2D eigenvalue weighted by Crippen LogP contribution is 2.33. The monoisotopic (exact) mass is 336 g/mol. The highest BCUT2D eigenvalue weighted by Gasteiger charge is 2.22. The molecule has 1 aromatic carbocycles. The van der Waals surface area contributed by atoms with Crippen molar-refractivity contribution in [2.45, 2.75) is 33.7 Å². The van der Waals surface area contributed by atoms with Crippen LogP contribution in [-0.4, -0.2) is 29.4 Å². The predicted molar refractivity (Wildman–Crippen MR) is 90.2 cm³/mol. The summed E-state index contributed by atoms with van der Waals surface area (Å²) in [6.07, 6.45) is 0.754. The van der Waals surface area contributed by atoms with Crippen molar-refractivity contribution in [1.29, 1.82) is 0 Å². The van der Waals surface area contributed by atoms with Crippen molar-refractivity contribution in [3.8, 4) is 16.3 Å². The van der Waals surface area contributed by atoms with Gasteiger partial charge in [-0.3, -0.25) is 4.79 Å². The van der Waals surface area contributed by atoms with E-state index in [2.05, 4.69) is 4.98 Å². The lowest BCUT2D eigenvalue weighted by molar-refractivity contribution is -0.129. The van der Waals surface area contributed by atoms with Gasteiger partial charge in [-0.1, -0.05) is 13.8 Å². The molecule has 0 bridgehead atoms. The van der Waals surface area contributed by atoms with E-state index < -0.39 is 5.82 Å². The Morgan fingerprint density at radius 2 is 2.13 bits per heavy atom. The van der Waals surface area contributed by atoms with E-state index in [-0.39, 0.29) is 11.7 Å².